The molecule has 1 heterocycles. The van der Waals surface area contributed by atoms with E-state index >= 15 is 0 Å². The van der Waals surface area contributed by atoms with Gasteiger partial charge < -0.3 is 15.1 Å². The van der Waals surface area contributed by atoms with Gasteiger partial charge in [-0.05, 0) is 36.8 Å². The molecule has 4 nitrogen and oxygen atoms in total. The molecule has 1 aromatic heterocycles. The normalized spacial score (nSPS) is 13.6. The standard InChI is InChI=1S/C17H20F3N3O/c1-12(13-5-3-6-14(11-13)17(18,19)20)23-16(21-2)22-9-8-15-7-4-10-24-15/h3-7,10-12H,8-9H2,1-2H3,(H2,21,22,23). The summed E-state index contributed by atoms with van der Waals surface area (Å²) < 4.78 is 43.6. The first-order valence-corrected chi connectivity index (χ1v) is 7.57. The van der Waals surface area contributed by atoms with Crippen molar-refractivity contribution in [2.24, 2.45) is 4.99 Å². The summed E-state index contributed by atoms with van der Waals surface area (Å²) in [5.74, 6) is 1.37. The smallest absolute Gasteiger partial charge is 0.416 e. The fraction of sp³-hybridized carbons (Fsp3) is 0.353. The van der Waals surface area contributed by atoms with E-state index in [1.165, 1.54) is 6.07 Å². The number of guanidine groups is 1. The number of alkyl halides is 3. The predicted octanol–water partition coefficient (Wildman–Crippen LogP) is 3.77. The van der Waals surface area contributed by atoms with Crippen molar-refractivity contribution in [3.63, 3.8) is 0 Å². The molecule has 0 radical (unpaired) electrons. The average Bonchev–Trinajstić information content (AvgIpc) is 3.06. The molecule has 0 aliphatic carbocycles. The zero-order chi connectivity index (χ0) is 17.6. The van der Waals surface area contributed by atoms with Crippen molar-refractivity contribution >= 4 is 5.96 Å². The molecule has 0 spiro atoms. The third-order valence-electron chi connectivity index (χ3n) is 3.53. The molecule has 1 aromatic carbocycles. The molecule has 0 saturated carbocycles. The van der Waals surface area contributed by atoms with Gasteiger partial charge in [0.1, 0.15) is 5.76 Å². The molecule has 0 amide bonds. The van der Waals surface area contributed by atoms with Gasteiger partial charge in [0.15, 0.2) is 5.96 Å². The molecule has 1 atom stereocenters. The molecule has 130 valence electrons. The van der Waals surface area contributed by atoms with E-state index in [0.29, 0.717) is 24.5 Å². The van der Waals surface area contributed by atoms with E-state index < -0.39 is 11.7 Å². The van der Waals surface area contributed by atoms with Gasteiger partial charge in [-0.3, -0.25) is 4.99 Å². The zero-order valence-corrected chi connectivity index (χ0v) is 13.5. The summed E-state index contributed by atoms with van der Waals surface area (Å²) in [7, 11) is 1.61. The topological polar surface area (TPSA) is 49.6 Å². The SMILES string of the molecule is CN=C(NCCc1ccco1)NC(C)c1cccc(C(F)(F)F)c1. The van der Waals surface area contributed by atoms with Gasteiger partial charge >= 0.3 is 6.18 Å². The minimum absolute atomic E-state index is 0.317. The van der Waals surface area contributed by atoms with Crippen LogP contribution >= 0.6 is 0 Å². The first-order valence-electron chi connectivity index (χ1n) is 7.57. The van der Waals surface area contributed by atoms with Crippen LogP contribution < -0.4 is 10.6 Å². The minimum Gasteiger partial charge on any atom is -0.469 e. The Morgan fingerprint density at radius 3 is 2.67 bits per heavy atom. The average molecular weight is 339 g/mol. The van der Waals surface area contributed by atoms with E-state index in [9.17, 15) is 13.2 Å². The molecule has 7 heteroatoms. The summed E-state index contributed by atoms with van der Waals surface area (Å²) in [5.41, 5.74) is -0.117. The van der Waals surface area contributed by atoms with Crippen LogP contribution in [0.25, 0.3) is 0 Å². The van der Waals surface area contributed by atoms with E-state index in [2.05, 4.69) is 15.6 Å². The van der Waals surface area contributed by atoms with Crippen LogP contribution in [0.1, 0.15) is 29.9 Å². The number of furan rings is 1. The number of hydrogen-bond acceptors (Lipinski definition) is 2. The van der Waals surface area contributed by atoms with Crippen LogP contribution in [0, 0.1) is 0 Å². The predicted molar refractivity (Wildman–Crippen MR) is 86.8 cm³/mol. The van der Waals surface area contributed by atoms with E-state index in [4.69, 9.17) is 4.42 Å². The second-order valence-corrected chi connectivity index (χ2v) is 5.32. The summed E-state index contributed by atoms with van der Waals surface area (Å²) >= 11 is 0. The molecule has 0 aliphatic heterocycles. The summed E-state index contributed by atoms with van der Waals surface area (Å²) in [6.45, 7) is 2.39. The highest BCUT2D eigenvalue weighted by Gasteiger charge is 2.30. The molecule has 0 aliphatic rings. The van der Waals surface area contributed by atoms with Gasteiger partial charge in [0.25, 0.3) is 0 Å². The first-order chi connectivity index (χ1) is 11.4. The largest absolute Gasteiger partial charge is 0.469 e. The van der Waals surface area contributed by atoms with Crippen LogP contribution in [-0.2, 0) is 12.6 Å². The Morgan fingerprint density at radius 2 is 2.04 bits per heavy atom. The lowest BCUT2D eigenvalue weighted by Gasteiger charge is -2.19. The van der Waals surface area contributed by atoms with Crippen LogP contribution in [0.2, 0.25) is 0 Å². The quantitative estimate of drug-likeness (QED) is 0.644. The van der Waals surface area contributed by atoms with Gasteiger partial charge in [0.05, 0.1) is 17.9 Å². The molecule has 2 N–H and O–H groups in total. The summed E-state index contributed by atoms with van der Waals surface area (Å²) in [4.78, 5) is 4.09. The third kappa shape index (κ3) is 5.04. The number of halogens is 3. The molecule has 0 saturated heterocycles. The Morgan fingerprint density at radius 1 is 1.25 bits per heavy atom. The summed E-state index contributed by atoms with van der Waals surface area (Å²) in [5, 5.41) is 6.19. The van der Waals surface area contributed by atoms with Crippen molar-refractivity contribution in [3.8, 4) is 0 Å². The Labute approximate surface area is 138 Å². The van der Waals surface area contributed by atoms with Crippen molar-refractivity contribution in [3.05, 3.63) is 59.5 Å². The van der Waals surface area contributed by atoms with Crippen molar-refractivity contribution in [2.75, 3.05) is 13.6 Å². The number of benzene rings is 1. The first kappa shape index (κ1) is 17.9. The molecule has 0 fully saturated rings. The maximum atomic E-state index is 12.8. The molecular weight excluding hydrogens is 319 g/mol. The monoisotopic (exact) mass is 339 g/mol. The lowest BCUT2D eigenvalue weighted by atomic mass is 10.1. The van der Waals surface area contributed by atoms with Crippen molar-refractivity contribution in [1.29, 1.82) is 0 Å². The summed E-state index contributed by atoms with van der Waals surface area (Å²) in [6.07, 6.45) is -2.05. The Kier molecular flexibility index (Phi) is 5.89. The van der Waals surface area contributed by atoms with Crippen LogP contribution in [-0.4, -0.2) is 19.6 Å². The highest BCUT2D eigenvalue weighted by molar-refractivity contribution is 5.80. The molecule has 24 heavy (non-hydrogen) atoms. The van der Waals surface area contributed by atoms with E-state index in [1.54, 1.807) is 26.3 Å². The molecule has 0 bridgehead atoms. The molecular formula is C17H20F3N3O. The third-order valence-corrected chi connectivity index (χ3v) is 3.53. The van der Waals surface area contributed by atoms with Gasteiger partial charge in [-0.15, -0.1) is 0 Å². The highest BCUT2D eigenvalue weighted by atomic mass is 19.4. The highest BCUT2D eigenvalue weighted by Crippen LogP contribution is 2.30. The lowest BCUT2D eigenvalue weighted by molar-refractivity contribution is -0.137. The van der Waals surface area contributed by atoms with Crippen LogP contribution in [0.3, 0.4) is 0 Å². The van der Waals surface area contributed by atoms with Gasteiger partial charge in [0.2, 0.25) is 0 Å². The van der Waals surface area contributed by atoms with E-state index in [-0.39, 0.29) is 6.04 Å². The van der Waals surface area contributed by atoms with E-state index in [0.717, 1.165) is 17.9 Å². The molecule has 2 aromatic rings. The Hall–Kier alpha value is -2.44. The lowest BCUT2D eigenvalue weighted by Crippen LogP contribution is -2.39. The number of aliphatic imine (C=N–C) groups is 1. The number of rotatable bonds is 5. The Balaban J connectivity index is 1.93. The molecule has 1 unspecified atom stereocenters. The van der Waals surface area contributed by atoms with Gasteiger partial charge in [0, 0.05) is 20.0 Å². The van der Waals surface area contributed by atoms with Crippen molar-refractivity contribution in [2.45, 2.75) is 25.6 Å². The van der Waals surface area contributed by atoms with Gasteiger partial charge in [-0.1, -0.05) is 12.1 Å². The van der Waals surface area contributed by atoms with Crippen molar-refractivity contribution < 1.29 is 17.6 Å². The number of nitrogens with zero attached hydrogens (tertiary/aromatic N) is 1. The maximum Gasteiger partial charge on any atom is 0.416 e. The van der Waals surface area contributed by atoms with Crippen LogP contribution in [0.15, 0.2) is 52.1 Å². The van der Waals surface area contributed by atoms with Gasteiger partial charge in [-0.2, -0.15) is 13.2 Å². The zero-order valence-electron chi connectivity index (χ0n) is 13.5. The number of nitrogens with one attached hydrogen (secondary N) is 2. The van der Waals surface area contributed by atoms with E-state index in [1.807, 2.05) is 12.1 Å². The fourth-order valence-electron chi connectivity index (χ4n) is 2.23. The Bertz CT molecular complexity index is 666. The summed E-state index contributed by atoms with van der Waals surface area (Å²) in [6, 6.07) is 8.65. The minimum atomic E-state index is -4.35. The second kappa shape index (κ2) is 7.90. The fourth-order valence-corrected chi connectivity index (χ4v) is 2.23. The second-order valence-electron chi connectivity index (χ2n) is 5.32. The maximum absolute atomic E-state index is 12.8. The van der Waals surface area contributed by atoms with Crippen molar-refractivity contribution in [1.82, 2.24) is 10.6 Å². The van der Waals surface area contributed by atoms with Gasteiger partial charge in [-0.25, -0.2) is 0 Å². The van der Waals surface area contributed by atoms with Crippen LogP contribution in [0.5, 0.6) is 0 Å². The number of hydrogen-bond donors (Lipinski definition) is 2. The van der Waals surface area contributed by atoms with Crippen LogP contribution in [0.4, 0.5) is 13.2 Å². The molecule has 2 rings (SSSR count).